The molecule has 1 aliphatic rings. The largest absolute Gasteiger partial charge is 0.329 e. The molecule has 0 bridgehead atoms. The number of nitrogens with zero attached hydrogens (tertiary/aromatic N) is 1. The summed E-state index contributed by atoms with van der Waals surface area (Å²) in [6.45, 7) is 7.57. The third-order valence-corrected chi connectivity index (χ3v) is 5.79. The molecule has 2 N–H and O–H groups in total. The first-order chi connectivity index (χ1) is 7.79. The molecule has 0 radical (unpaired) electrons. The summed E-state index contributed by atoms with van der Waals surface area (Å²) in [7, 11) is -3.03. The van der Waals surface area contributed by atoms with Crippen LogP contribution in [0.15, 0.2) is 0 Å². The highest BCUT2D eigenvalue weighted by Gasteiger charge is 2.51. The summed E-state index contributed by atoms with van der Waals surface area (Å²) in [6.07, 6.45) is 3.95. The quantitative estimate of drug-likeness (QED) is 0.803. The average Bonchev–Trinajstić information content (AvgIpc) is 2.62. The van der Waals surface area contributed by atoms with Gasteiger partial charge in [0.2, 0.25) is 0 Å². The van der Waals surface area contributed by atoms with E-state index in [2.05, 4.69) is 25.7 Å². The SMILES string of the molecule is CCN(C(C)C)C1(CN)CCCC1S(C)(=O)=O. The maximum Gasteiger partial charge on any atom is 0.152 e. The van der Waals surface area contributed by atoms with Gasteiger partial charge in [-0.15, -0.1) is 0 Å². The Labute approximate surface area is 105 Å². The molecule has 0 aliphatic heterocycles. The summed E-state index contributed by atoms with van der Waals surface area (Å²) < 4.78 is 23.9. The van der Waals surface area contributed by atoms with E-state index in [0.717, 1.165) is 25.8 Å². The van der Waals surface area contributed by atoms with Crippen LogP contribution in [-0.4, -0.2) is 49.5 Å². The summed E-state index contributed by atoms with van der Waals surface area (Å²) in [5, 5.41) is -0.303. The van der Waals surface area contributed by atoms with Crippen LogP contribution in [0, 0.1) is 0 Å². The van der Waals surface area contributed by atoms with Gasteiger partial charge >= 0.3 is 0 Å². The molecule has 0 saturated heterocycles. The number of sulfone groups is 1. The van der Waals surface area contributed by atoms with Crippen molar-refractivity contribution in [2.24, 2.45) is 5.73 Å². The lowest BCUT2D eigenvalue weighted by molar-refractivity contribution is 0.0747. The van der Waals surface area contributed by atoms with Gasteiger partial charge in [0.05, 0.1) is 10.8 Å². The number of rotatable bonds is 5. The zero-order chi connectivity index (χ0) is 13.3. The second-order valence-electron chi connectivity index (χ2n) is 5.40. The van der Waals surface area contributed by atoms with Gasteiger partial charge in [-0.1, -0.05) is 13.3 Å². The smallest absolute Gasteiger partial charge is 0.152 e. The summed E-state index contributed by atoms with van der Waals surface area (Å²) in [6, 6.07) is 0.325. The van der Waals surface area contributed by atoms with Gasteiger partial charge in [-0.25, -0.2) is 8.42 Å². The van der Waals surface area contributed by atoms with Crippen molar-refractivity contribution < 1.29 is 8.42 Å². The minimum Gasteiger partial charge on any atom is -0.329 e. The lowest BCUT2D eigenvalue weighted by Crippen LogP contribution is -2.62. The first-order valence-corrected chi connectivity index (χ1v) is 8.40. The van der Waals surface area contributed by atoms with Crippen molar-refractivity contribution >= 4 is 9.84 Å². The molecule has 0 spiro atoms. The molecular weight excluding hydrogens is 236 g/mol. The average molecular weight is 262 g/mol. The fourth-order valence-corrected chi connectivity index (χ4v) is 5.25. The molecule has 0 aromatic heterocycles. The Morgan fingerprint density at radius 2 is 2.06 bits per heavy atom. The van der Waals surface area contributed by atoms with Crippen LogP contribution in [0.5, 0.6) is 0 Å². The van der Waals surface area contributed by atoms with E-state index in [9.17, 15) is 8.42 Å². The van der Waals surface area contributed by atoms with E-state index in [0.29, 0.717) is 12.6 Å². The van der Waals surface area contributed by atoms with Crippen molar-refractivity contribution in [2.45, 2.75) is 56.9 Å². The Bertz CT molecular complexity index is 354. The highest BCUT2D eigenvalue weighted by atomic mass is 32.2. The normalized spacial score (nSPS) is 30.4. The Morgan fingerprint density at radius 3 is 2.41 bits per heavy atom. The molecule has 5 heteroatoms. The Balaban J connectivity index is 3.17. The minimum absolute atomic E-state index is 0.303. The summed E-state index contributed by atoms with van der Waals surface area (Å²) in [5.74, 6) is 0. The van der Waals surface area contributed by atoms with Gasteiger partial charge in [0, 0.05) is 18.8 Å². The topological polar surface area (TPSA) is 63.4 Å². The second kappa shape index (κ2) is 5.24. The van der Waals surface area contributed by atoms with Crippen LogP contribution in [0.3, 0.4) is 0 Å². The number of hydrogen-bond donors (Lipinski definition) is 1. The molecule has 1 rings (SSSR count). The van der Waals surface area contributed by atoms with Gasteiger partial charge in [-0.3, -0.25) is 4.90 Å². The monoisotopic (exact) mass is 262 g/mol. The van der Waals surface area contributed by atoms with Crippen molar-refractivity contribution in [3.8, 4) is 0 Å². The predicted octanol–water partition coefficient (Wildman–Crippen LogP) is 1.01. The van der Waals surface area contributed by atoms with Crippen molar-refractivity contribution in [1.29, 1.82) is 0 Å². The third-order valence-electron chi connectivity index (χ3n) is 4.08. The molecule has 1 fully saturated rings. The molecule has 1 aliphatic carbocycles. The third kappa shape index (κ3) is 2.66. The van der Waals surface area contributed by atoms with Crippen molar-refractivity contribution in [3.05, 3.63) is 0 Å². The maximum atomic E-state index is 12.0. The van der Waals surface area contributed by atoms with Crippen LogP contribution in [0.25, 0.3) is 0 Å². The number of likely N-dealkylation sites (N-methyl/N-ethyl adjacent to an activating group) is 1. The lowest BCUT2D eigenvalue weighted by atomic mass is 9.93. The van der Waals surface area contributed by atoms with E-state index in [1.165, 1.54) is 6.26 Å². The van der Waals surface area contributed by atoms with Gasteiger partial charge in [0.15, 0.2) is 9.84 Å². The van der Waals surface area contributed by atoms with E-state index in [4.69, 9.17) is 5.73 Å². The predicted molar refractivity (Wildman–Crippen MR) is 71.8 cm³/mol. The van der Waals surface area contributed by atoms with Crippen molar-refractivity contribution in [3.63, 3.8) is 0 Å². The second-order valence-corrected chi connectivity index (χ2v) is 7.63. The van der Waals surface area contributed by atoms with E-state index in [1.54, 1.807) is 0 Å². The lowest BCUT2D eigenvalue weighted by Gasteiger charge is -2.46. The Hall–Kier alpha value is -0.130. The van der Waals surface area contributed by atoms with E-state index < -0.39 is 9.84 Å². The number of hydrogen-bond acceptors (Lipinski definition) is 4. The first kappa shape index (κ1) is 14.9. The zero-order valence-electron chi connectivity index (χ0n) is 11.4. The Kier molecular flexibility index (Phi) is 4.60. The molecule has 1 saturated carbocycles. The molecule has 4 nitrogen and oxygen atoms in total. The van der Waals surface area contributed by atoms with Crippen LogP contribution in [-0.2, 0) is 9.84 Å². The van der Waals surface area contributed by atoms with Crippen LogP contribution in [0.1, 0.15) is 40.0 Å². The molecule has 102 valence electrons. The molecule has 2 atom stereocenters. The van der Waals surface area contributed by atoms with Crippen LogP contribution < -0.4 is 5.73 Å². The maximum absolute atomic E-state index is 12.0. The van der Waals surface area contributed by atoms with E-state index >= 15 is 0 Å². The standard InChI is InChI=1S/C12H26N2O2S/c1-5-14(10(2)3)12(9-13)8-6-7-11(12)17(4,15)16/h10-11H,5-9,13H2,1-4H3. The summed E-state index contributed by atoms with van der Waals surface area (Å²) in [4.78, 5) is 2.27. The van der Waals surface area contributed by atoms with Gasteiger partial charge in [-0.2, -0.15) is 0 Å². The zero-order valence-corrected chi connectivity index (χ0v) is 12.3. The summed E-state index contributed by atoms with van der Waals surface area (Å²) in [5.41, 5.74) is 5.61. The van der Waals surface area contributed by atoms with Gasteiger partial charge < -0.3 is 5.73 Å². The minimum atomic E-state index is -3.03. The van der Waals surface area contributed by atoms with Crippen LogP contribution in [0.2, 0.25) is 0 Å². The highest BCUT2D eigenvalue weighted by molar-refractivity contribution is 7.91. The van der Waals surface area contributed by atoms with E-state index in [-0.39, 0.29) is 10.8 Å². The molecule has 2 unspecified atom stereocenters. The molecule has 0 aromatic rings. The molecule has 0 amide bonds. The van der Waals surface area contributed by atoms with Crippen molar-refractivity contribution in [2.75, 3.05) is 19.3 Å². The fourth-order valence-electron chi connectivity index (χ4n) is 3.51. The van der Waals surface area contributed by atoms with Gasteiger partial charge in [-0.05, 0) is 33.2 Å². The molecular formula is C12H26N2O2S. The highest BCUT2D eigenvalue weighted by Crippen LogP contribution is 2.39. The summed E-state index contributed by atoms with van der Waals surface area (Å²) >= 11 is 0. The van der Waals surface area contributed by atoms with Crippen LogP contribution in [0.4, 0.5) is 0 Å². The number of nitrogens with two attached hydrogens (primary N) is 1. The Morgan fingerprint density at radius 1 is 1.47 bits per heavy atom. The molecule has 17 heavy (non-hydrogen) atoms. The molecule has 0 aromatic carbocycles. The van der Waals surface area contributed by atoms with Gasteiger partial charge in [0.25, 0.3) is 0 Å². The molecule has 0 heterocycles. The van der Waals surface area contributed by atoms with Crippen molar-refractivity contribution in [1.82, 2.24) is 4.90 Å². The van der Waals surface area contributed by atoms with E-state index in [1.807, 2.05) is 0 Å². The van der Waals surface area contributed by atoms with Crippen LogP contribution >= 0.6 is 0 Å². The fraction of sp³-hybridized carbons (Fsp3) is 1.00. The first-order valence-electron chi connectivity index (χ1n) is 6.45. The van der Waals surface area contributed by atoms with Gasteiger partial charge in [0.1, 0.15) is 0 Å².